The van der Waals surface area contributed by atoms with Gasteiger partial charge in [-0.2, -0.15) is 5.10 Å². The zero-order chi connectivity index (χ0) is 13.0. The second-order valence-electron chi connectivity index (χ2n) is 3.94. The Morgan fingerprint density at radius 2 is 2.41 bits per heavy atom. The number of nitrogens with two attached hydrogens (primary N) is 1. The standard InChI is InChI=1S/C10H17N5O2/c1-7(6-9(11)13-17)15(3)10(16)8-4-5-14(2)12-8/h4-5,7,17H,6H2,1-3H3,(H2,11,13). The van der Waals surface area contributed by atoms with Gasteiger partial charge in [-0.1, -0.05) is 5.16 Å². The van der Waals surface area contributed by atoms with Crippen molar-refractivity contribution in [3.63, 3.8) is 0 Å². The molecule has 1 heterocycles. The van der Waals surface area contributed by atoms with E-state index in [0.29, 0.717) is 12.1 Å². The van der Waals surface area contributed by atoms with Crippen LogP contribution in [0.2, 0.25) is 0 Å². The van der Waals surface area contributed by atoms with Gasteiger partial charge in [-0.25, -0.2) is 0 Å². The maximum atomic E-state index is 12.0. The Bertz CT molecular complexity index is 426. The maximum Gasteiger partial charge on any atom is 0.274 e. The number of oxime groups is 1. The zero-order valence-corrected chi connectivity index (χ0v) is 10.2. The number of hydrogen-bond donors (Lipinski definition) is 2. The molecule has 0 aliphatic carbocycles. The van der Waals surface area contributed by atoms with Crippen molar-refractivity contribution in [1.82, 2.24) is 14.7 Å². The Hall–Kier alpha value is -2.05. The van der Waals surface area contributed by atoms with Crippen LogP contribution in [0.4, 0.5) is 0 Å². The molecule has 1 amide bonds. The molecule has 1 unspecified atom stereocenters. The van der Waals surface area contributed by atoms with Gasteiger partial charge < -0.3 is 15.8 Å². The number of amides is 1. The van der Waals surface area contributed by atoms with E-state index >= 15 is 0 Å². The number of aryl methyl sites for hydroxylation is 1. The van der Waals surface area contributed by atoms with Gasteiger partial charge in [0.25, 0.3) is 5.91 Å². The lowest BCUT2D eigenvalue weighted by atomic mass is 10.2. The first-order valence-corrected chi connectivity index (χ1v) is 5.19. The molecule has 1 aromatic rings. The lowest BCUT2D eigenvalue weighted by Crippen LogP contribution is -2.38. The Kier molecular flexibility index (Phi) is 4.08. The Balaban J connectivity index is 2.69. The number of hydrogen-bond acceptors (Lipinski definition) is 4. The summed E-state index contributed by atoms with van der Waals surface area (Å²) in [7, 11) is 3.41. The van der Waals surface area contributed by atoms with Crippen LogP contribution < -0.4 is 5.73 Å². The molecule has 7 nitrogen and oxygen atoms in total. The van der Waals surface area contributed by atoms with Crippen LogP contribution in [0.5, 0.6) is 0 Å². The summed E-state index contributed by atoms with van der Waals surface area (Å²) >= 11 is 0. The van der Waals surface area contributed by atoms with Crippen molar-refractivity contribution in [3.8, 4) is 0 Å². The third-order valence-corrected chi connectivity index (χ3v) is 2.55. The molecule has 94 valence electrons. The molecular weight excluding hydrogens is 222 g/mol. The highest BCUT2D eigenvalue weighted by molar-refractivity contribution is 5.92. The van der Waals surface area contributed by atoms with Crippen molar-refractivity contribution in [2.45, 2.75) is 19.4 Å². The van der Waals surface area contributed by atoms with Crippen LogP contribution in [0.25, 0.3) is 0 Å². The van der Waals surface area contributed by atoms with Crippen molar-refractivity contribution in [1.29, 1.82) is 0 Å². The van der Waals surface area contributed by atoms with Gasteiger partial charge in [0.1, 0.15) is 11.5 Å². The highest BCUT2D eigenvalue weighted by atomic mass is 16.4. The molecule has 0 aromatic carbocycles. The predicted molar refractivity (Wildman–Crippen MR) is 62.8 cm³/mol. The normalized spacial score (nSPS) is 13.5. The lowest BCUT2D eigenvalue weighted by molar-refractivity contribution is 0.0740. The minimum atomic E-state index is -0.191. The summed E-state index contributed by atoms with van der Waals surface area (Å²) in [6.07, 6.45) is 2.01. The number of nitrogens with zero attached hydrogens (tertiary/aromatic N) is 4. The van der Waals surface area contributed by atoms with Crippen LogP contribution >= 0.6 is 0 Å². The van der Waals surface area contributed by atoms with Crippen molar-refractivity contribution in [3.05, 3.63) is 18.0 Å². The van der Waals surface area contributed by atoms with Crippen LogP contribution in [0.3, 0.4) is 0 Å². The second kappa shape index (κ2) is 5.33. The third kappa shape index (κ3) is 3.20. The fourth-order valence-electron chi connectivity index (χ4n) is 1.39. The van der Waals surface area contributed by atoms with E-state index in [1.807, 2.05) is 6.92 Å². The fraction of sp³-hybridized carbons (Fsp3) is 0.500. The number of carbonyl (C=O) groups excluding carboxylic acids is 1. The minimum Gasteiger partial charge on any atom is -0.409 e. The van der Waals surface area contributed by atoms with Gasteiger partial charge in [-0.05, 0) is 13.0 Å². The molecular formula is C10H17N5O2. The molecule has 7 heteroatoms. The highest BCUT2D eigenvalue weighted by Gasteiger charge is 2.20. The van der Waals surface area contributed by atoms with E-state index in [2.05, 4.69) is 10.3 Å². The molecule has 0 saturated carbocycles. The van der Waals surface area contributed by atoms with Crippen LogP contribution in [-0.4, -0.2) is 44.7 Å². The van der Waals surface area contributed by atoms with E-state index < -0.39 is 0 Å². The Morgan fingerprint density at radius 1 is 1.76 bits per heavy atom. The number of amidine groups is 1. The van der Waals surface area contributed by atoms with Crippen LogP contribution in [0.15, 0.2) is 17.4 Å². The van der Waals surface area contributed by atoms with Gasteiger partial charge in [0, 0.05) is 32.8 Å². The summed E-state index contributed by atoms with van der Waals surface area (Å²) in [6.45, 7) is 1.82. The molecule has 3 N–H and O–H groups in total. The summed E-state index contributed by atoms with van der Waals surface area (Å²) < 4.78 is 1.56. The summed E-state index contributed by atoms with van der Waals surface area (Å²) in [5.41, 5.74) is 5.77. The summed E-state index contributed by atoms with van der Waals surface area (Å²) in [5.74, 6) is -0.0954. The zero-order valence-electron chi connectivity index (χ0n) is 10.2. The smallest absolute Gasteiger partial charge is 0.274 e. The first kappa shape index (κ1) is 13.0. The van der Waals surface area contributed by atoms with Gasteiger partial charge in [0.2, 0.25) is 0 Å². The van der Waals surface area contributed by atoms with E-state index in [4.69, 9.17) is 10.9 Å². The predicted octanol–water partition coefficient (Wildman–Crippen LogP) is 0.0171. The molecule has 1 rings (SSSR count). The summed E-state index contributed by atoms with van der Waals surface area (Å²) in [4.78, 5) is 13.5. The molecule has 1 atom stereocenters. The second-order valence-corrected chi connectivity index (χ2v) is 3.94. The highest BCUT2D eigenvalue weighted by Crippen LogP contribution is 2.07. The quantitative estimate of drug-likeness (QED) is 0.335. The molecule has 0 spiro atoms. The molecule has 1 aromatic heterocycles. The fourth-order valence-corrected chi connectivity index (χ4v) is 1.39. The largest absolute Gasteiger partial charge is 0.409 e. The van der Waals surface area contributed by atoms with Crippen LogP contribution in [0.1, 0.15) is 23.8 Å². The van der Waals surface area contributed by atoms with E-state index in [1.165, 1.54) is 4.90 Å². The van der Waals surface area contributed by atoms with Gasteiger partial charge in [-0.15, -0.1) is 0 Å². The molecule has 0 fully saturated rings. The Morgan fingerprint density at radius 3 is 2.88 bits per heavy atom. The van der Waals surface area contributed by atoms with Crippen molar-refractivity contribution in [2.75, 3.05) is 7.05 Å². The third-order valence-electron chi connectivity index (χ3n) is 2.55. The van der Waals surface area contributed by atoms with E-state index in [9.17, 15) is 4.79 Å². The average Bonchev–Trinajstić information content (AvgIpc) is 2.73. The lowest BCUT2D eigenvalue weighted by Gasteiger charge is -2.23. The number of rotatable bonds is 4. The monoisotopic (exact) mass is 239 g/mol. The molecule has 17 heavy (non-hydrogen) atoms. The van der Waals surface area contributed by atoms with Crippen LogP contribution in [-0.2, 0) is 7.05 Å². The topological polar surface area (TPSA) is 96.7 Å². The van der Waals surface area contributed by atoms with E-state index in [-0.39, 0.29) is 17.8 Å². The van der Waals surface area contributed by atoms with Gasteiger partial charge >= 0.3 is 0 Å². The molecule has 0 radical (unpaired) electrons. The van der Waals surface area contributed by atoms with E-state index in [1.54, 1.807) is 31.0 Å². The van der Waals surface area contributed by atoms with Gasteiger partial charge in [0.05, 0.1) is 0 Å². The number of aromatic nitrogens is 2. The molecule has 0 aliphatic rings. The first-order valence-electron chi connectivity index (χ1n) is 5.19. The van der Waals surface area contributed by atoms with Gasteiger partial charge in [-0.3, -0.25) is 9.48 Å². The first-order chi connectivity index (χ1) is 7.95. The van der Waals surface area contributed by atoms with Crippen molar-refractivity contribution in [2.24, 2.45) is 17.9 Å². The van der Waals surface area contributed by atoms with E-state index in [0.717, 1.165) is 0 Å². The number of carbonyl (C=O) groups is 1. The van der Waals surface area contributed by atoms with Crippen molar-refractivity contribution >= 4 is 11.7 Å². The Labute approximate surface area is 99.5 Å². The molecule has 0 aliphatic heterocycles. The SMILES string of the molecule is CC(C/C(N)=N/O)N(C)C(=O)c1ccn(C)n1. The van der Waals surface area contributed by atoms with Gasteiger partial charge in [0.15, 0.2) is 0 Å². The molecule has 0 saturated heterocycles. The van der Waals surface area contributed by atoms with Crippen LogP contribution in [0, 0.1) is 0 Å². The minimum absolute atomic E-state index is 0.0955. The molecule has 0 bridgehead atoms. The summed E-state index contributed by atoms with van der Waals surface area (Å²) in [5, 5.41) is 15.4. The van der Waals surface area contributed by atoms with Crippen molar-refractivity contribution < 1.29 is 10.0 Å². The average molecular weight is 239 g/mol. The summed E-state index contributed by atoms with van der Waals surface area (Å²) in [6, 6.07) is 1.48. The maximum absolute atomic E-state index is 12.0.